The maximum atomic E-state index is 13.2. The highest BCUT2D eigenvalue weighted by atomic mass is 35.5. The molecule has 2 atom stereocenters. The molecule has 0 fully saturated rings. The second-order valence-corrected chi connectivity index (χ2v) is 7.88. The fraction of sp³-hybridized carbons (Fsp3) is 0.190. The van der Waals surface area contributed by atoms with Gasteiger partial charge in [0, 0.05) is 5.56 Å². The number of nitrogens with two attached hydrogens (primary N) is 1. The van der Waals surface area contributed by atoms with Gasteiger partial charge in [0.1, 0.15) is 11.9 Å². The minimum atomic E-state index is -0.435. The number of anilines is 1. The van der Waals surface area contributed by atoms with Gasteiger partial charge < -0.3 is 10.6 Å². The second kappa shape index (κ2) is 8.65. The first-order valence-corrected chi connectivity index (χ1v) is 9.90. The maximum Gasteiger partial charge on any atom is 0.282 e. The van der Waals surface area contributed by atoms with Crippen molar-refractivity contribution in [3.8, 4) is 0 Å². The number of carbonyl (C=O) groups excluding carboxylic acids is 1. The first-order chi connectivity index (χ1) is 12.9. The number of aryl methyl sites for hydroxylation is 1. The van der Waals surface area contributed by atoms with Crippen LogP contribution >= 0.6 is 22.9 Å². The number of hydrogen-bond acceptors (Lipinski definition) is 2. The van der Waals surface area contributed by atoms with Crippen LogP contribution in [0.5, 0.6) is 0 Å². The van der Waals surface area contributed by atoms with Crippen LogP contribution in [-0.2, 0) is 4.79 Å². The lowest BCUT2D eigenvalue weighted by atomic mass is 10.0. The van der Waals surface area contributed by atoms with Crippen molar-refractivity contribution in [1.29, 1.82) is 0 Å². The average Bonchev–Trinajstić information content (AvgIpc) is 3.17. The molecule has 1 aromatic heterocycles. The zero-order valence-electron chi connectivity index (χ0n) is 15.1. The van der Waals surface area contributed by atoms with E-state index >= 15 is 0 Å². The molecule has 3 N–H and O–H groups in total. The fourth-order valence-corrected chi connectivity index (χ4v) is 3.87. The Bertz CT molecular complexity index is 912. The van der Waals surface area contributed by atoms with Crippen LogP contribution in [0, 0.1) is 12.7 Å². The van der Waals surface area contributed by atoms with Crippen LogP contribution in [0.15, 0.2) is 60.0 Å². The van der Waals surface area contributed by atoms with Crippen molar-refractivity contribution in [2.45, 2.75) is 25.9 Å². The molecular formula is C21H21ClFN2OS+. The zero-order chi connectivity index (χ0) is 19.4. The highest BCUT2D eigenvalue weighted by Crippen LogP contribution is 2.24. The van der Waals surface area contributed by atoms with Crippen molar-refractivity contribution in [2.75, 3.05) is 5.32 Å². The maximum absolute atomic E-state index is 13.2. The monoisotopic (exact) mass is 403 g/mol. The van der Waals surface area contributed by atoms with E-state index in [1.165, 1.54) is 28.6 Å². The topological polar surface area (TPSA) is 45.7 Å². The molecule has 2 aromatic carbocycles. The van der Waals surface area contributed by atoms with E-state index in [0.29, 0.717) is 5.69 Å². The summed E-state index contributed by atoms with van der Waals surface area (Å²) >= 11 is 7.68. The highest BCUT2D eigenvalue weighted by molar-refractivity contribution is 7.10. The van der Waals surface area contributed by atoms with Gasteiger partial charge >= 0.3 is 0 Å². The van der Waals surface area contributed by atoms with Gasteiger partial charge in [-0.1, -0.05) is 47.5 Å². The van der Waals surface area contributed by atoms with Crippen LogP contribution in [0.4, 0.5) is 10.1 Å². The molecule has 0 spiro atoms. The molecule has 0 saturated carbocycles. The summed E-state index contributed by atoms with van der Waals surface area (Å²) in [6, 6.07) is 16.0. The summed E-state index contributed by atoms with van der Waals surface area (Å²) < 4.78 is 13.2. The zero-order valence-corrected chi connectivity index (χ0v) is 16.7. The average molecular weight is 404 g/mol. The number of halogens is 2. The smallest absolute Gasteiger partial charge is 0.282 e. The number of nitrogens with one attached hydrogen (secondary N) is 1. The summed E-state index contributed by atoms with van der Waals surface area (Å²) in [5, 5.41) is 7.03. The Morgan fingerprint density at radius 2 is 1.93 bits per heavy atom. The van der Waals surface area contributed by atoms with E-state index in [9.17, 15) is 9.18 Å². The Morgan fingerprint density at radius 1 is 1.19 bits per heavy atom. The van der Waals surface area contributed by atoms with Gasteiger partial charge in [0.15, 0.2) is 6.04 Å². The summed E-state index contributed by atoms with van der Waals surface area (Å²) in [7, 11) is 0. The van der Waals surface area contributed by atoms with Crippen molar-refractivity contribution in [3.63, 3.8) is 0 Å². The van der Waals surface area contributed by atoms with Gasteiger partial charge in [-0.3, -0.25) is 4.79 Å². The van der Waals surface area contributed by atoms with Crippen LogP contribution < -0.4 is 10.6 Å². The number of carbonyl (C=O) groups is 1. The van der Waals surface area contributed by atoms with E-state index in [1.54, 1.807) is 11.3 Å². The summed E-state index contributed by atoms with van der Waals surface area (Å²) in [6.45, 7) is 3.90. The number of benzene rings is 2. The van der Waals surface area contributed by atoms with E-state index in [4.69, 9.17) is 11.6 Å². The Balaban J connectivity index is 1.76. The Morgan fingerprint density at radius 3 is 2.56 bits per heavy atom. The Hall–Kier alpha value is -2.21. The third kappa shape index (κ3) is 4.95. The molecule has 0 bridgehead atoms. The van der Waals surface area contributed by atoms with Crippen LogP contribution in [0.25, 0.3) is 0 Å². The SMILES string of the molecule is Cc1ccc([C@H]([NH2+][C@H](C)C(=O)Nc2ccc(F)cc2Cl)c2cccs2)cc1. The molecule has 3 nitrogen and oxygen atoms in total. The molecule has 1 heterocycles. The molecule has 0 aliphatic carbocycles. The number of hydrogen-bond donors (Lipinski definition) is 2. The third-order valence-electron chi connectivity index (χ3n) is 4.37. The summed E-state index contributed by atoms with van der Waals surface area (Å²) in [5.74, 6) is -0.619. The first kappa shape index (κ1) is 19.5. The quantitative estimate of drug-likeness (QED) is 0.624. The number of amides is 1. The van der Waals surface area contributed by atoms with E-state index in [0.717, 1.165) is 5.56 Å². The summed E-state index contributed by atoms with van der Waals surface area (Å²) in [6.07, 6.45) is 0. The first-order valence-electron chi connectivity index (χ1n) is 8.65. The molecule has 27 heavy (non-hydrogen) atoms. The predicted octanol–water partition coefficient (Wildman–Crippen LogP) is 4.53. The second-order valence-electron chi connectivity index (χ2n) is 6.50. The molecule has 140 valence electrons. The van der Waals surface area contributed by atoms with E-state index in [1.807, 2.05) is 23.7 Å². The van der Waals surface area contributed by atoms with Crippen molar-refractivity contribution in [1.82, 2.24) is 0 Å². The van der Waals surface area contributed by atoms with Crippen molar-refractivity contribution in [3.05, 3.63) is 86.8 Å². The van der Waals surface area contributed by atoms with Crippen molar-refractivity contribution in [2.24, 2.45) is 0 Å². The molecule has 0 aliphatic rings. The van der Waals surface area contributed by atoms with Gasteiger partial charge in [-0.2, -0.15) is 0 Å². The third-order valence-corrected chi connectivity index (χ3v) is 5.64. The Kier molecular flexibility index (Phi) is 6.26. The summed E-state index contributed by atoms with van der Waals surface area (Å²) in [5.41, 5.74) is 2.74. The fourth-order valence-electron chi connectivity index (χ4n) is 2.83. The lowest BCUT2D eigenvalue weighted by Gasteiger charge is -2.20. The summed E-state index contributed by atoms with van der Waals surface area (Å²) in [4.78, 5) is 13.8. The number of quaternary nitrogens is 1. The largest absolute Gasteiger partial charge is 0.326 e. The minimum absolute atomic E-state index is 0.0232. The van der Waals surface area contributed by atoms with E-state index in [-0.39, 0.29) is 23.0 Å². The molecule has 6 heteroatoms. The lowest BCUT2D eigenvalue weighted by molar-refractivity contribution is -0.703. The van der Waals surface area contributed by atoms with Crippen LogP contribution in [0.2, 0.25) is 5.02 Å². The molecule has 3 rings (SSSR count). The standard InChI is InChI=1S/C21H20ClFN2OS/c1-13-5-7-15(8-6-13)20(19-4-3-11-27-19)24-14(2)21(26)25-18-10-9-16(23)12-17(18)22/h3-12,14,20,24H,1-2H3,(H,25,26)/p+1/t14-,20+/m1/s1. The highest BCUT2D eigenvalue weighted by Gasteiger charge is 2.26. The van der Waals surface area contributed by atoms with Gasteiger partial charge in [-0.05, 0) is 43.5 Å². The number of thiophene rings is 1. The van der Waals surface area contributed by atoms with Crippen molar-refractivity contribution < 1.29 is 14.5 Å². The van der Waals surface area contributed by atoms with Gasteiger partial charge in [0.25, 0.3) is 5.91 Å². The number of rotatable bonds is 6. The van der Waals surface area contributed by atoms with Crippen molar-refractivity contribution >= 4 is 34.5 Å². The van der Waals surface area contributed by atoms with Gasteiger partial charge in [-0.25, -0.2) is 4.39 Å². The molecule has 0 unspecified atom stereocenters. The molecular weight excluding hydrogens is 383 g/mol. The molecule has 1 amide bonds. The van der Waals surface area contributed by atoms with Gasteiger partial charge in [0.05, 0.1) is 15.6 Å². The van der Waals surface area contributed by atoms with Crippen LogP contribution in [0.1, 0.15) is 29.0 Å². The minimum Gasteiger partial charge on any atom is -0.326 e. The molecule has 0 aliphatic heterocycles. The Labute approximate surface area is 167 Å². The van der Waals surface area contributed by atoms with Gasteiger partial charge in [-0.15, -0.1) is 11.3 Å². The normalized spacial score (nSPS) is 13.2. The van der Waals surface area contributed by atoms with Crippen LogP contribution in [-0.4, -0.2) is 11.9 Å². The molecule has 0 saturated heterocycles. The van der Waals surface area contributed by atoms with E-state index < -0.39 is 5.82 Å². The lowest BCUT2D eigenvalue weighted by Crippen LogP contribution is -2.92. The molecule has 0 radical (unpaired) electrons. The van der Waals surface area contributed by atoms with Gasteiger partial charge in [0.2, 0.25) is 0 Å². The molecule has 3 aromatic rings. The van der Waals surface area contributed by atoms with E-state index in [2.05, 4.69) is 42.6 Å². The van der Waals surface area contributed by atoms with Crippen LogP contribution in [0.3, 0.4) is 0 Å². The predicted molar refractivity (Wildman–Crippen MR) is 109 cm³/mol.